The first-order valence-electron chi connectivity index (χ1n) is 9.91. The zero-order valence-electron chi connectivity index (χ0n) is 16.4. The predicted octanol–water partition coefficient (Wildman–Crippen LogP) is 2.78. The summed E-state index contributed by atoms with van der Waals surface area (Å²) in [6, 6.07) is 9.47. The molecule has 1 aliphatic heterocycles. The highest BCUT2D eigenvalue weighted by Gasteiger charge is 2.39. The van der Waals surface area contributed by atoms with E-state index in [2.05, 4.69) is 11.0 Å². The van der Waals surface area contributed by atoms with Gasteiger partial charge in [0.1, 0.15) is 5.54 Å². The van der Waals surface area contributed by atoms with Crippen molar-refractivity contribution < 1.29 is 9.59 Å². The molecule has 1 saturated carbocycles. The van der Waals surface area contributed by atoms with E-state index in [1.165, 1.54) is 0 Å². The van der Waals surface area contributed by atoms with Crippen molar-refractivity contribution in [3.05, 3.63) is 34.9 Å². The SMILES string of the molecule is CN(C(=O)CN1CCN(C(=O)c2ccccc2Cl)CC1)C1(C#N)CCCCC1. The summed E-state index contributed by atoms with van der Waals surface area (Å²) in [7, 11) is 1.76. The van der Waals surface area contributed by atoms with Gasteiger partial charge < -0.3 is 9.80 Å². The first-order valence-corrected chi connectivity index (χ1v) is 10.3. The molecule has 2 fully saturated rings. The molecule has 1 aromatic carbocycles. The molecule has 2 aliphatic rings. The molecule has 0 spiro atoms. The quantitative estimate of drug-likeness (QED) is 0.776. The second-order valence-electron chi connectivity index (χ2n) is 7.70. The minimum absolute atomic E-state index is 0.0191. The summed E-state index contributed by atoms with van der Waals surface area (Å²) in [6.45, 7) is 2.67. The third-order valence-electron chi connectivity index (χ3n) is 6.03. The van der Waals surface area contributed by atoms with Crippen molar-refractivity contribution in [3.63, 3.8) is 0 Å². The number of piperazine rings is 1. The second kappa shape index (κ2) is 8.93. The van der Waals surface area contributed by atoms with Crippen molar-refractivity contribution >= 4 is 23.4 Å². The Morgan fingerprint density at radius 3 is 2.39 bits per heavy atom. The molecule has 150 valence electrons. The Morgan fingerprint density at radius 2 is 1.79 bits per heavy atom. The molecule has 1 heterocycles. The van der Waals surface area contributed by atoms with Gasteiger partial charge >= 0.3 is 0 Å². The Hall–Kier alpha value is -2.10. The molecule has 0 bridgehead atoms. The summed E-state index contributed by atoms with van der Waals surface area (Å²) in [5.74, 6) is -0.0892. The number of nitriles is 1. The van der Waals surface area contributed by atoms with Crippen molar-refractivity contribution in [2.75, 3.05) is 39.8 Å². The van der Waals surface area contributed by atoms with Gasteiger partial charge in [0.15, 0.2) is 0 Å². The molecule has 2 amide bonds. The number of amides is 2. The normalized spacial score (nSPS) is 19.7. The number of halogens is 1. The highest BCUT2D eigenvalue weighted by Crippen LogP contribution is 2.32. The number of carbonyl (C=O) groups excluding carboxylic acids is 2. The Bertz CT molecular complexity index is 762. The Labute approximate surface area is 171 Å². The summed E-state index contributed by atoms with van der Waals surface area (Å²) in [4.78, 5) is 30.9. The molecular formula is C21H27ClN4O2. The fourth-order valence-electron chi connectivity index (χ4n) is 4.11. The first kappa shape index (κ1) is 20.6. The van der Waals surface area contributed by atoms with Crippen molar-refractivity contribution in [3.8, 4) is 6.07 Å². The van der Waals surface area contributed by atoms with Crippen LogP contribution in [0.15, 0.2) is 24.3 Å². The van der Waals surface area contributed by atoms with E-state index in [-0.39, 0.29) is 18.4 Å². The van der Waals surface area contributed by atoms with Crippen molar-refractivity contribution in [1.29, 1.82) is 5.26 Å². The highest BCUT2D eigenvalue weighted by atomic mass is 35.5. The van der Waals surface area contributed by atoms with Crippen LogP contribution in [0.2, 0.25) is 5.02 Å². The van der Waals surface area contributed by atoms with E-state index in [1.807, 2.05) is 0 Å². The summed E-state index contributed by atoms with van der Waals surface area (Å²) in [6.07, 6.45) is 4.63. The number of likely N-dealkylation sites (N-methyl/N-ethyl adjacent to an activating group) is 1. The standard InChI is InChI=1S/C21H27ClN4O2/c1-24(21(16-23)9-5-2-6-10-21)19(27)15-25-11-13-26(14-12-25)20(28)17-7-3-4-8-18(17)22/h3-4,7-8H,2,5-6,9-15H2,1H3. The molecule has 3 rings (SSSR count). The molecule has 1 aliphatic carbocycles. The summed E-state index contributed by atoms with van der Waals surface area (Å²) < 4.78 is 0. The van der Waals surface area contributed by atoms with Crippen LogP contribution in [-0.4, -0.2) is 71.8 Å². The lowest BCUT2D eigenvalue weighted by atomic mass is 9.81. The zero-order chi connectivity index (χ0) is 20.1. The minimum Gasteiger partial charge on any atom is -0.336 e. The smallest absolute Gasteiger partial charge is 0.255 e. The van der Waals surface area contributed by atoms with Crippen LogP contribution in [0, 0.1) is 11.3 Å². The van der Waals surface area contributed by atoms with Crippen LogP contribution >= 0.6 is 11.6 Å². The fourth-order valence-corrected chi connectivity index (χ4v) is 4.33. The molecule has 0 radical (unpaired) electrons. The maximum atomic E-state index is 12.8. The molecule has 0 atom stereocenters. The lowest BCUT2D eigenvalue weighted by Gasteiger charge is -2.41. The van der Waals surface area contributed by atoms with E-state index in [4.69, 9.17) is 11.6 Å². The molecule has 0 aromatic heterocycles. The van der Waals surface area contributed by atoms with E-state index in [1.54, 1.807) is 41.1 Å². The Morgan fingerprint density at radius 1 is 1.14 bits per heavy atom. The first-order chi connectivity index (χ1) is 13.5. The maximum absolute atomic E-state index is 12.8. The lowest BCUT2D eigenvalue weighted by molar-refractivity contribution is -0.136. The molecule has 0 N–H and O–H groups in total. The van der Waals surface area contributed by atoms with Gasteiger partial charge in [-0.25, -0.2) is 0 Å². The number of hydrogen-bond acceptors (Lipinski definition) is 4. The van der Waals surface area contributed by atoms with E-state index < -0.39 is 5.54 Å². The maximum Gasteiger partial charge on any atom is 0.255 e. The van der Waals surface area contributed by atoms with Crippen LogP contribution in [0.4, 0.5) is 0 Å². The number of benzene rings is 1. The van der Waals surface area contributed by atoms with Gasteiger partial charge in [-0.05, 0) is 25.0 Å². The van der Waals surface area contributed by atoms with Crippen LogP contribution in [0.1, 0.15) is 42.5 Å². The minimum atomic E-state index is -0.656. The van der Waals surface area contributed by atoms with E-state index in [9.17, 15) is 14.9 Å². The average Bonchev–Trinajstić information content (AvgIpc) is 2.74. The van der Waals surface area contributed by atoms with Gasteiger partial charge in [-0.2, -0.15) is 5.26 Å². The molecule has 6 nitrogen and oxygen atoms in total. The van der Waals surface area contributed by atoms with E-state index in [0.717, 1.165) is 32.1 Å². The molecule has 7 heteroatoms. The molecule has 0 unspecified atom stereocenters. The van der Waals surface area contributed by atoms with Crippen molar-refractivity contribution in [2.45, 2.75) is 37.6 Å². The van der Waals surface area contributed by atoms with Gasteiger partial charge in [-0.15, -0.1) is 0 Å². The highest BCUT2D eigenvalue weighted by molar-refractivity contribution is 6.33. The number of hydrogen-bond donors (Lipinski definition) is 0. The average molecular weight is 403 g/mol. The van der Waals surface area contributed by atoms with Crippen LogP contribution in [-0.2, 0) is 4.79 Å². The number of rotatable bonds is 4. The fraction of sp³-hybridized carbons (Fsp3) is 0.571. The van der Waals surface area contributed by atoms with Gasteiger partial charge in [0.25, 0.3) is 5.91 Å². The van der Waals surface area contributed by atoms with Gasteiger partial charge in [0, 0.05) is 33.2 Å². The van der Waals surface area contributed by atoms with E-state index in [0.29, 0.717) is 36.8 Å². The zero-order valence-corrected chi connectivity index (χ0v) is 17.1. The van der Waals surface area contributed by atoms with E-state index >= 15 is 0 Å². The summed E-state index contributed by atoms with van der Waals surface area (Å²) >= 11 is 6.14. The summed E-state index contributed by atoms with van der Waals surface area (Å²) in [5, 5.41) is 10.1. The third-order valence-corrected chi connectivity index (χ3v) is 6.36. The Kier molecular flexibility index (Phi) is 6.58. The topological polar surface area (TPSA) is 67.7 Å². The predicted molar refractivity (Wildman–Crippen MR) is 108 cm³/mol. The number of carbonyl (C=O) groups is 2. The monoisotopic (exact) mass is 402 g/mol. The third kappa shape index (κ3) is 4.31. The Balaban J connectivity index is 1.54. The number of nitrogens with zero attached hydrogens (tertiary/aromatic N) is 4. The van der Waals surface area contributed by atoms with Gasteiger partial charge in [-0.3, -0.25) is 14.5 Å². The second-order valence-corrected chi connectivity index (χ2v) is 8.11. The van der Waals surface area contributed by atoms with Crippen LogP contribution < -0.4 is 0 Å². The van der Waals surface area contributed by atoms with Crippen LogP contribution in [0.3, 0.4) is 0 Å². The largest absolute Gasteiger partial charge is 0.336 e. The van der Waals surface area contributed by atoms with Crippen molar-refractivity contribution in [2.24, 2.45) is 0 Å². The van der Waals surface area contributed by atoms with Gasteiger partial charge in [0.2, 0.25) is 5.91 Å². The molecule has 1 aromatic rings. The van der Waals surface area contributed by atoms with Gasteiger partial charge in [0.05, 0.1) is 23.2 Å². The lowest BCUT2D eigenvalue weighted by Crippen LogP contribution is -2.55. The van der Waals surface area contributed by atoms with Crippen LogP contribution in [0.25, 0.3) is 0 Å². The summed E-state index contributed by atoms with van der Waals surface area (Å²) in [5.41, 5.74) is -0.140. The molecule has 1 saturated heterocycles. The van der Waals surface area contributed by atoms with Crippen molar-refractivity contribution in [1.82, 2.24) is 14.7 Å². The molecule has 28 heavy (non-hydrogen) atoms. The van der Waals surface area contributed by atoms with Gasteiger partial charge in [-0.1, -0.05) is 43.0 Å². The molecular weight excluding hydrogens is 376 g/mol. The van der Waals surface area contributed by atoms with Crippen LogP contribution in [0.5, 0.6) is 0 Å².